The number of para-hydroxylation sites is 1. The number of ether oxygens (including phenoxy) is 1. The molecule has 104 valence electrons. The zero-order valence-electron chi connectivity index (χ0n) is 9.99. The molecule has 0 saturated heterocycles. The average molecular weight is 360 g/mol. The van der Waals surface area contributed by atoms with E-state index in [-0.39, 0.29) is 27.8 Å². The lowest BCUT2D eigenvalue weighted by Gasteiger charge is -2.12. The first kappa shape index (κ1) is 14.6. The molecule has 0 atom stereocenters. The molecule has 2 rings (SSSR count). The lowest BCUT2D eigenvalue weighted by atomic mass is 10.1. The van der Waals surface area contributed by atoms with Gasteiger partial charge in [-0.15, -0.1) is 0 Å². The van der Waals surface area contributed by atoms with Crippen LogP contribution >= 0.6 is 27.5 Å². The summed E-state index contributed by atoms with van der Waals surface area (Å²) in [6.45, 7) is 0. The molecule has 0 aliphatic heterocycles. The number of amides is 1. The summed E-state index contributed by atoms with van der Waals surface area (Å²) in [4.78, 5) is 11.2. The second kappa shape index (κ2) is 5.68. The number of benzene rings is 2. The molecule has 1 amide bonds. The zero-order valence-corrected chi connectivity index (χ0v) is 12.3. The molecule has 0 fully saturated rings. The van der Waals surface area contributed by atoms with Crippen molar-refractivity contribution in [3.05, 3.63) is 51.2 Å². The fourth-order valence-corrected chi connectivity index (χ4v) is 2.27. The molecule has 4 N–H and O–H groups in total. The second-order valence-electron chi connectivity index (χ2n) is 3.88. The van der Waals surface area contributed by atoms with Crippen LogP contribution in [0.4, 0.5) is 10.1 Å². The highest BCUT2D eigenvalue weighted by molar-refractivity contribution is 9.10. The molecule has 0 bridgehead atoms. The Hall–Kier alpha value is -1.79. The first-order valence-corrected chi connectivity index (χ1v) is 6.58. The van der Waals surface area contributed by atoms with Crippen molar-refractivity contribution >= 4 is 39.1 Å². The van der Waals surface area contributed by atoms with E-state index >= 15 is 0 Å². The molecule has 2 aromatic carbocycles. The molecule has 7 heteroatoms. The Morgan fingerprint density at radius 1 is 1.30 bits per heavy atom. The van der Waals surface area contributed by atoms with Crippen molar-refractivity contribution in [2.45, 2.75) is 0 Å². The summed E-state index contributed by atoms with van der Waals surface area (Å²) in [5.41, 5.74) is 11.2. The monoisotopic (exact) mass is 358 g/mol. The Bertz CT molecular complexity index is 694. The Labute approximate surface area is 127 Å². The highest BCUT2D eigenvalue weighted by atomic mass is 79.9. The van der Waals surface area contributed by atoms with Gasteiger partial charge in [0.1, 0.15) is 11.6 Å². The normalized spacial score (nSPS) is 10.3. The molecule has 0 radical (unpaired) electrons. The third-order valence-corrected chi connectivity index (χ3v) is 3.44. The van der Waals surface area contributed by atoms with Crippen LogP contribution in [-0.4, -0.2) is 5.91 Å². The van der Waals surface area contributed by atoms with Gasteiger partial charge in [-0.1, -0.05) is 17.7 Å². The maximum atomic E-state index is 13.4. The largest absolute Gasteiger partial charge is 0.454 e. The molecule has 0 spiro atoms. The first-order valence-electron chi connectivity index (χ1n) is 5.41. The minimum Gasteiger partial charge on any atom is -0.454 e. The van der Waals surface area contributed by atoms with Gasteiger partial charge in [0.15, 0.2) is 5.75 Å². The molecule has 0 aromatic heterocycles. The molecule has 0 aliphatic carbocycles. The number of nitrogen functional groups attached to an aromatic ring is 1. The van der Waals surface area contributed by atoms with Crippen molar-refractivity contribution in [1.82, 2.24) is 0 Å². The number of nitrogens with two attached hydrogens (primary N) is 2. The van der Waals surface area contributed by atoms with Crippen LogP contribution in [0.5, 0.6) is 11.5 Å². The average Bonchev–Trinajstić information content (AvgIpc) is 2.37. The predicted octanol–water partition coefficient (Wildman–Crippen LogP) is 3.72. The van der Waals surface area contributed by atoms with Gasteiger partial charge in [0.05, 0.1) is 20.7 Å². The van der Waals surface area contributed by atoms with Crippen LogP contribution < -0.4 is 16.2 Å². The molecule has 20 heavy (non-hydrogen) atoms. The van der Waals surface area contributed by atoms with Gasteiger partial charge in [-0.05, 0) is 34.1 Å². The topological polar surface area (TPSA) is 78.3 Å². The van der Waals surface area contributed by atoms with Crippen molar-refractivity contribution in [3.63, 3.8) is 0 Å². The fraction of sp³-hybridized carbons (Fsp3) is 0. The maximum absolute atomic E-state index is 13.4. The van der Waals surface area contributed by atoms with Crippen LogP contribution in [0, 0.1) is 5.82 Å². The summed E-state index contributed by atoms with van der Waals surface area (Å²) in [6.07, 6.45) is 0. The smallest absolute Gasteiger partial charge is 0.250 e. The number of anilines is 1. The van der Waals surface area contributed by atoms with E-state index in [0.717, 1.165) is 6.07 Å². The molecule has 4 nitrogen and oxygen atoms in total. The number of hydrogen-bond acceptors (Lipinski definition) is 3. The number of primary amides is 1. The van der Waals surface area contributed by atoms with E-state index in [9.17, 15) is 9.18 Å². The van der Waals surface area contributed by atoms with Crippen LogP contribution in [0.25, 0.3) is 0 Å². The number of hydrogen-bond donors (Lipinski definition) is 2. The molecular weight excluding hydrogens is 351 g/mol. The highest BCUT2D eigenvalue weighted by Gasteiger charge is 2.14. The summed E-state index contributed by atoms with van der Waals surface area (Å²) >= 11 is 8.84. The van der Waals surface area contributed by atoms with Crippen molar-refractivity contribution < 1.29 is 13.9 Å². The maximum Gasteiger partial charge on any atom is 0.250 e. The Kier molecular flexibility index (Phi) is 4.15. The van der Waals surface area contributed by atoms with Crippen molar-refractivity contribution in [2.75, 3.05) is 5.73 Å². The van der Waals surface area contributed by atoms with E-state index in [2.05, 4.69) is 15.9 Å². The predicted molar refractivity (Wildman–Crippen MR) is 78.6 cm³/mol. The van der Waals surface area contributed by atoms with Crippen molar-refractivity contribution in [1.29, 1.82) is 0 Å². The standard InChI is InChI=1S/C13H9BrClFN2O2/c14-7-4-8(15)9(16)5-11(7)20-10-3-1-2-6(12(10)17)13(18)19/h1-5H,17H2,(H2,18,19). The summed E-state index contributed by atoms with van der Waals surface area (Å²) in [6, 6.07) is 7.05. The third kappa shape index (κ3) is 2.86. The number of carbonyl (C=O) groups is 1. The van der Waals surface area contributed by atoms with Gasteiger partial charge < -0.3 is 16.2 Å². The van der Waals surface area contributed by atoms with Gasteiger partial charge in [0.25, 0.3) is 5.91 Å². The van der Waals surface area contributed by atoms with E-state index in [1.54, 1.807) is 12.1 Å². The molecule has 0 unspecified atom stereocenters. The van der Waals surface area contributed by atoms with E-state index in [1.807, 2.05) is 0 Å². The van der Waals surface area contributed by atoms with Crippen LogP contribution in [0.3, 0.4) is 0 Å². The summed E-state index contributed by atoms with van der Waals surface area (Å²) in [5, 5.41) is -0.0388. The zero-order chi connectivity index (χ0) is 14.9. The minimum atomic E-state index is -0.672. The van der Waals surface area contributed by atoms with Gasteiger partial charge >= 0.3 is 0 Å². The SMILES string of the molecule is NC(=O)c1cccc(Oc2cc(F)c(Cl)cc2Br)c1N. The van der Waals surface area contributed by atoms with Crippen LogP contribution in [0.2, 0.25) is 5.02 Å². The lowest BCUT2D eigenvalue weighted by molar-refractivity contribution is 0.100. The van der Waals surface area contributed by atoms with E-state index in [4.69, 9.17) is 27.8 Å². The molecule has 2 aromatic rings. The second-order valence-corrected chi connectivity index (χ2v) is 5.14. The van der Waals surface area contributed by atoms with Gasteiger partial charge in [-0.3, -0.25) is 4.79 Å². The summed E-state index contributed by atoms with van der Waals surface area (Å²) in [5.74, 6) is -0.923. The number of halogens is 3. The molecule has 0 aliphatic rings. The van der Waals surface area contributed by atoms with Gasteiger partial charge in [-0.2, -0.15) is 0 Å². The summed E-state index contributed by atoms with van der Waals surface area (Å²) < 4.78 is 19.4. The van der Waals surface area contributed by atoms with E-state index in [1.165, 1.54) is 12.1 Å². The Morgan fingerprint density at radius 3 is 2.65 bits per heavy atom. The van der Waals surface area contributed by atoms with Crippen LogP contribution in [0.1, 0.15) is 10.4 Å². The first-order chi connectivity index (χ1) is 9.40. The van der Waals surface area contributed by atoms with Gasteiger partial charge in [-0.25, -0.2) is 4.39 Å². The van der Waals surface area contributed by atoms with E-state index < -0.39 is 11.7 Å². The quantitative estimate of drug-likeness (QED) is 0.647. The third-order valence-electron chi connectivity index (χ3n) is 2.53. The van der Waals surface area contributed by atoms with Crippen molar-refractivity contribution in [2.24, 2.45) is 5.73 Å². The molecule has 0 heterocycles. The van der Waals surface area contributed by atoms with Gasteiger partial charge in [0.2, 0.25) is 0 Å². The fourth-order valence-electron chi connectivity index (χ4n) is 1.55. The van der Waals surface area contributed by atoms with Gasteiger partial charge in [0, 0.05) is 6.07 Å². The number of rotatable bonds is 3. The van der Waals surface area contributed by atoms with Crippen molar-refractivity contribution in [3.8, 4) is 11.5 Å². The summed E-state index contributed by atoms with van der Waals surface area (Å²) in [7, 11) is 0. The van der Waals surface area contributed by atoms with Crippen LogP contribution in [0.15, 0.2) is 34.8 Å². The Morgan fingerprint density at radius 2 is 2.00 bits per heavy atom. The van der Waals surface area contributed by atoms with Crippen LogP contribution in [-0.2, 0) is 0 Å². The Balaban J connectivity index is 2.43. The minimum absolute atomic E-state index is 0.0388. The lowest BCUT2D eigenvalue weighted by Crippen LogP contribution is -2.13. The number of carbonyl (C=O) groups excluding carboxylic acids is 1. The molecular formula is C13H9BrClFN2O2. The molecule has 0 saturated carbocycles. The highest BCUT2D eigenvalue weighted by Crippen LogP contribution is 2.36. The van der Waals surface area contributed by atoms with E-state index in [0.29, 0.717) is 4.47 Å².